The van der Waals surface area contributed by atoms with E-state index >= 15 is 0 Å². The van der Waals surface area contributed by atoms with Gasteiger partial charge in [-0.25, -0.2) is 0 Å². The molecule has 0 aliphatic carbocycles. The Kier molecular flexibility index (Phi) is 4.20. The van der Waals surface area contributed by atoms with Gasteiger partial charge in [-0.15, -0.1) is 5.10 Å². The van der Waals surface area contributed by atoms with Crippen LogP contribution < -0.4 is 4.90 Å². The number of hydrogen-bond acceptors (Lipinski definition) is 5. The Bertz CT molecular complexity index is 334. The third-order valence-electron chi connectivity index (χ3n) is 1.81. The molecule has 0 aromatic carbocycles. The van der Waals surface area contributed by atoms with Gasteiger partial charge in [0.05, 0.1) is 11.8 Å². The molecule has 0 aliphatic heterocycles. The first-order valence-corrected chi connectivity index (χ1v) is 5.61. The highest BCUT2D eigenvalue weighted by molar-refractivity contribution is 7.98. The number of nitrogens with zero attached hydrogens (tertiary/aromatic N) is 4. The zero-order valence-electron chi connectivity index (χ0n) is 8.27. The Hall–Kier alpha value is -1.28. The van der Waals surface area contributed by atoms with Crippen molar-refractivity contribution in [2.24, 2.45) is 0 Å². The maximum absolute atomic E-state index is 8.84. The number of aromatic nitrogens is 2. The molecule has 1 aromatic rings. The molecule has 0 spiro atoms. The summed E-state index contributed by atoms with van der Waals surface area (Å²) in [7, 11) is 1.92. The molecular weight excluding hydrogens is 196 g/mol. The van der Waals surface area contributed by atoms with Gasteiger partial charge in [0.15, 0.2) is 5.82 Å². The van der Waals surface area contributed by atoms with Crippen LogP contribution >= 0.6 is 11.8 Å². The highest BCUT2D eigenvalue weighted by atomic mass is 32.2. The monoisotopic (exact) mass is 208 g/mol. The van der Waals surface area contributed by atoms with Crippen LogP contribution in [-0.2, 0) is 0 Å². The molecule has 0 amide bonds. The van der Waals surface area contributed by atoms with Crippen LogP contribution in [0.25, 0.3) is 0 Å². The first-order chi connectivity index (χ1) is 6.79. The summed E-state index contributed by atoms with van der Waals surface area (Å²) in [5.41, 5.74) is 0.573. The lowest BCUT2D eigenvalue weighted by Gasteiger charge is -2.17. The molecule has 1 aromatic heterocycles. The number of thioether (sulfide) groups is 1. The van der Waals surface area contributed by atoms with Crippen molar-refractivity contribution < 1.29 is 0 Å². The van der Waals surface area contributed by atoms with Gasteiger partial charge in [-0.2, -0.15) is 22.1 Å². The van der Waals surface area contributed by atoms with Crippen molar-refractivity contribution >= 4 is 17.6 Å². The fourth-order valence-electron chi connectivity index (χ4n) is 1.03. The van der Waals surface area contributed by atoms with Crippen molar-refractivity contribution in [3.8, 4) is 6.07 Å². The summed E-state index contributed by atoms with van der Waals surface area (Å²) < 4.78 is 0. The quantitative estimate of drug-likeness (QED) is 0.743. The Labute approximate surface area is 87.9 Å². The summed E-state index contributed by atoms with van der Waals surface area (Å²) >= 11 is 1.77. The lowest BCUT2D eigenvalue weighted by molar-refractivity contribution is 0.897. The minimum Gasteiger partial charge on any atom is -0.356 e. The molecule has 0 saturated carbocycles. The molecule has 4 nitrogen and oxygen atoms in total. The van der Waals surface area contributed by atoms with Gasteiger partial charge in [-0.1, -0.05) is 0 Å². The number of anilines is 1. The number of nitriles is 1. The maximum atomic E-state index is 8.84. The zero-order chi connectivity index (χ0) is 10.4. The second kappa shape index (κ2) is 5.45. The van der Waals surface area contributed by atoms with Crippen molar-refractivity contribution in [2.45, 2.75) is 0 Å². The predicted octanol–water partition coefficient (Wildman–Crippen LogP) is 1.15. The normalized spacial score (nSPS) is 9.50. The van der Waals surface area contributed by atoms with E-state index in [2.05, 4.69) is 22.5 Å². The summed E-state index contributed by atoms with van der Waals surface area (Å²) in [6.07, 6.45) is 3.58. The molecule has 14 heavy (non-hydrogen) atoms. The van der Waals surface area contributed by atoms with E-state index in [1.54, 1.807) is 17.8 Å². The van der Waals surface area contributed by atoms with E-state index in [-0.39, 0.29) is 0 Å². The Morgan fingerprint density at radius 3 is 3.07 bits per heavy atom. The molecule has 1 heterocycles. The van der Waals surface area contributed by atoms with Gasteiger partial charge in [0.25, 0.3) is 0 Å². The molecule has 5 heteroatoms. The van der Waals surface area contributed by atoms with E-state index in [1.807, 2.05) is 11.9 Å². The van der Waals surface area contributed by atoms with Crippen molar-refractivity contribution in [3.63, 3.8) is 0 Å². The second-order valence-electron chi connectivity index (χ2n) is 2.79. The summed E-state index contributed by atoms with van der Waals surface area (Å²) in [5.74, 6) is 1.67. The first kappa shape index (κ1) is 10.8. The van der Waals surface area contributed by atoms with Crippen LogP contribution in [0.3, 0.4) is 0 Å². The van der Waals surface area contributed by atoms with E-state index < -0.39 is 0 Å². The van der Waals surface area contributed by atoms with Gasteiger partial charge >= 0.3 is 0 Å². The van der Waals surface area contributed by atoms with Crippen LogP contribution in [0.2, 0.25) is 0 Å². The first-order valence-electron chi connectivity index (χ1n) is 4.21. The van der Waals surface area contributed by atoms with Gasteiger partial charge in [0.2, 0.25) is 0 Å². The fourth-order valence-corrected chi connectivity index (χ4v) is 1.48. The van der Waals surface area contributed by atoms with Crippen LogP contribution in [-0.4, -0.2) is 35.8 Å². The fraction of sp³-hybridized carbons (Fsp3) is 0.444. The van der Waals surface area contributed by atoms with Gasteiger partial charge < -0.3 is 4.90 Å². The summed E-state index contributed by atoms with van der Waals surface area (Å²) in [4.78, 5) is 1.95. The van der Waals surface area contributed by atoms with E-state index in [9.17, 15) is 0 Å². The van der Waals surface area contributed by atoms with Crippen molar-refractivity contribution in [3.05, 3.63) is 17.8 Å². The van der Waals surface area contributed by atoms with Gasteiger partial charge in [0, 0.05) is 19.3 Å². The van der Waals surface area contributed by atoms with Crippen molar-refractivity contribution in [1.82, 2.24) is 10.2 Å². The molecule has 74 valence electrons. The summed E-state index contributed by atoms with van der Waals surface area (Å²) in [6, 6.07) is 3.78. The molecule has 0 radical (unpaired) electrons. The molecule has 0 unspecified atom stereocenters. The third-order valence-corrected chi connectivity index (χ3v) is 2.40. The van der Waals surface area contributed by atoms with Crippen molar-refractivity contribution in [1.29, 1.82) is 5.26 Å². The molecular formula is C9H12N4S. The van der Waals surface area contributed by atoms with E-state index in [0.29, 0.717) is 11.4 Å². The predicted molar refractivity (Wildman–Crippen MR) is 58.4 cm³/mol. The molecule has 0 bridgehead atoms. The Morgan fingerprint density at radius 2 is 2.43 bits per heavy atom. The SMILES string of the molecule is CSCCN(C)c1nnccc1C#N. The van der Waals surface area contributed by atoms with Gasteiger partial charge in [-0.3, -0.25) is 0 Å². The average Bonchev–Trinajstić information content (AvgIpc) is 2.25. The standard InChI is InChI=1S/C9H12N4S/c1-13(5-6-14-2)9-8(7-10)3-4-11-12-9/h3-4H,5-6H2,1-2H3. The average molecular weight is 208 g/mol. The maximum Gasteiger partial charge on any atom is 0.168 e. The molecule has 0 saturated heterocycles. The van der Waals surface area contributed by atoms with Crippen LogP contribution in [0.15, 0.2) is 12.3 Å². The van der Waals surface area contributed by atoms with Gasteiger partial charge in [0.1, 0.15) is 6.07 Å². The molecule has 0 fully saturated rings. The van der Waals surface area contributed by atoms with E-state index in [4.69, 9.17) is 5.26 Å². The van der Waals surface area contributed by atoms with Crippen LogP contribution in [0.4, 0.5) is 5.82 Å². The summed E-state index contributed by atoms with van der Waals surface area (Å²) in [6.45, 7) is 0.870. The molecule has 0 aliphatic rings. The van der Waals surface area contributed by atoms with Crippen LogP contribution in [0, 0.1) is 11.3 Å². The summed E-state index contributed by atoms with van der Waals surface area (Å²) in [5, 5.41) is 16.6. The molecule has 1 rings (SSSR count). The second-order valence-corrected chi connectivity index (χ2v) is 3.78. The highest BCUT2D eigenvalue weighted by Crippen LogP contribution is 2.13. The topological polar surface area (TPSA) is 52.8 Å². The van der Waals surface area contributed by atoms with Crippen LogP contribution in [0.5, 0.6) is 0 Å². The van der Waals surface area contributed by atoms with Gasteiger partial charge in [-0.05, 0) is 12.3 Å². The third kappa shape index (κ3) is 2.60. The number of rotatable bonds is 4. The zero-order valence-corrected chi connectivity index (χ0v) is 9.08. The largest absolute Gasteiger partial charge is 0.356 e. The smallest absolute Gasteiger partial charge is 0.168 e. The van der Waals surface area contributed by atoms with Crippen LogP contribution in [0.1, 0.15) is 5.56 Å². The minimum absolute atomic E-state index is 0.573. The Balaban J connectivity index is 2.79. The van der Waals surface area contributed by atoms with Crippen molar-refractivity contribution in [2.75, 3.05) is 30.5 Å². The lowest BCUT2D eigenvalue weighted by Crippen LogP contribution is -2.22. The lowest BCUT2D eigenvalue weighted by atomic mass is 10.3. The molecule has 0 N–H and O–H groups in total. The Morgan fingerprint density at radius 1 is 1.64 bits per heavy atom. The molecule has 0 atom stereocenters. The van der Waals surface area contributed by atoms with E-state index in [0.717, 1.165) is 12.3 Å². The van der Waals surface area contributed by atoms with E-state index in [1.165, 1.54) is 6.20 Å². The highest BCUT2D eigenvalue weighted by Gasteiger charge is 2.07. The minimum atomic E-state index is 0.573. The number of hydrogen-bond donors (Lipinski definition) is 0.